The molecule has 0 atom stereocenters. The minimum Gasteiger partial charge on any atom is -0.470 e. The van der Waals surface area contributed by atoms with E-state index in [0.29, 0.717) is 0 Å². The third-order valence-electron chi connectivity index (χ3n) is 3.90. The molecule has 1 aromatic heterocycles. The summed E-state index contributed by atoms with van der Waals surface area (Å²) in [5, 5.41) is 3.37. The number of imidazole rings is 1. The first-order valence-electron chi connectivity index (χ1n) is 6.71. The normalized spacial score (nSPS) is 23.1. The van der Waals surface area contributed by atoms with Crippen LogP contribution >= 0.6 is 0 Å². The number of fused-ring (bicyclic) bond motifs is 1. The van der Waals surface area contributed by atoms with Crippen LogP contribution in [0.25, 0.3) is 0 Å². The average molecular weight is 235 g/mol. The molecule has 0 radical (unpaired) electrons. The van der Waals surface area contributed by atoms with Crippen LogP contribution in [-0.2, 0) is 13.0 Å². The number of rotatable bonds is 2. The lowest BCUT2D eigenvalue weighted by Gasteiger charge is -2.33. The van der Waals surface area contributed by atoms with Gasteiger partial charge in [-0.3, -0.25) is 0 Å². The van der Waals surface area contributed by atoms with Gasteiger partial charge in [-0.05, 0) is 45.7 Å². The molecule has 1 saturated heterocycles. The first-order chi connectivity index (χ1) is 8.25. The van der Waals surface area contributed by atoms with Gasteiger partial charge in [0.1, 0.15) is 11.4 Å². The number of aromatic nitrogens is 2. The van der Waals surface area contributed by atoms with Gasteiger partial charge < -0.3 is 14.6 Å². The summed E-state index contributed by atoms with van der Waals surface area (Å²) >= 11 is 0. The van der Waals surface area contributed by atoms with Crippen LogP contribution in [0.15, 0.2) is 6.20 Å². The van der Waals surface area contributed by atoms with Gasteiger partial charge in [-0.1, -0.05) is 0 Å². The zero-order chi connectivity index (χ0) is 11.7. The van der Waals surface area contributed by atoms with Crippen molar-refractivity contribution in [3.63, 3.8) is 0 Å². The van der Waals surface area contributed by atoms with E-state index < -0.39 is 0 Å². The molecule has 4 nitrogen and oxygen atoms in total. The summed E-state index contributed by atoms with van der Waals surface area (Å²) < 4.78 is 8.38. The van der Waals surface area contributed by atoms with Crippen molar-refractivity contribution in [2.24, 2.45) is 0 Å². The van der Waals surface area contributed by atoms with Crippen molar-refractivity contribution in [3.8, 4) is 5.88 Å². The number of nitrogens with zero attached hydrogens (tertiary/aromatic N) is 2. The molecule has 2 aliphatic rings. The van der Waals surface area contributed by atoms with E-state index in [2.05, 4.69) is 28.0 Å². The molecule has 0 amide bonds. The van der Waals surface area contributed by atoms with Crippen LogP contribution in [0.1, 0.15) is 38.4 Å². The fourth-order valence-electron chi connectivity index (χ4n) is 2.75. The lowest BCUT2D eigenvalue weighted by molar-refractivity contribution is 0.0511. The Hall–Kier alpha value is -1.03. The van der Waals surface area contributed by atoms with Crippen molar-refractivity contribution in [1.82, 2.24) is 14.9 Å². The maximum atomic E-state index is 6.12. The number of piperidine rings is 1. The van der Waals surface area contributed by atoms with Gasteiger partial charge >= 0.3 is 0 Å². The maximum Gasteiger partial charge on any atom is 0.232 e. The second-order valence-electron chi connectivity index (χ2n) is 5.45. The van der Waals surface area contributed by atoms with Crippen LogP contribution in [0.4, 0.5) is 0 Å². The lowest BCUT2D eigenvalue weighted by atomic mass is 9.95. The smallest absolute Gasteiger partial charge is 0.232 e. The zero-order valence-corrected chi connectivity index (χ0v) is 10.5. The summed E-state index contributed by atoms with van der Waals surface area (Å²) in [5.74, 6) is 2.02. The van der Waals surface area contributed by atoms with Crippen LogP contribution in [-0.4, -0.2) is 28.2 Å². The van der Waals surface area contributed by atoms with E-state index in [1.807, 2.05) is 0 Å². The number of hydrogen-bond acceptors (Lipinski definition) is 3. The third-order valence-corrected chi connectivity index (χ3v) is 3.90. The summed E-state index contributed by atoms with van der Waals surface area (Å²) in [6.45, 7) is 5.39. The molecule has 0 aliphatic carbocycles. The van der Waals surface area contributed by atoms with Gasteiger partial charge in [-0.25, -0.2) is 0 Å². The Kier molecular flexibility index (Phi) is 2.82. The van der Waals surface area contributed by atoms with Crippen molar-refractivity contribution in [1.29, 1.82) is 0 Å². The summed E-state index contributed by atoms with van der Waals surface area (Å²) in [6, 6.07) is 0. The van der Waals surface area contributed by atoms with E-state index in [0.717, 1.165) is 44.8 Å². The second kappa shape index (κ2) is 4.33. The second-order valence-corrected chi connectivity index (χ2v) is 5.45. The molecule has 1 aromatic rings. The molecule has 4 heteroatoms. The van der Waals surface area contributed by atoms with Gasteiger partial charge in [0.2, 0.25) is 5.88 Å². The molecule has 1 fully saturated rings. The van der Waals surface area contributed by atoms with E-state index in [-0.39, 0.29) is 5.60 Å². The van der Waals surface area contributed by atoms with Crippen molar-refractivity contribution in [2.75, 3.05) is 13.1 Å². The van der Waals surface area contributed by atoms with E-state index >= 15 is 0 Å². The third kappa shape index (κ3) is 2.32. The van der Waals surface area contributed by atoms with E-state index in [9.17, 15) is 0 Å². The molecular formula is C13H21N3O. The molecule has 0 spiro atoms. The Morgan fingerprint density at radius 3 is 2.94 bits per heavy atom. The lowest BCUT2D eigenvalue weighted by Crippen LogP contribution is -2.43. The first kappa shape index (κ1) is 11.1. The van der Waals surface area contributed by atoms with Gasteiger partial charge in [0.25, 0.3) is 0 Å². The molecular weight excluding hydrogens is 214 g/mol. The predicted octanol–water partition coefficient (Wildman–Crippen LogP) is 1.74. The van der Waals surface area contributed by atoms with Crippen LogP contribution in [0, 0.1) is 0 Å². The van der Waals surface area contributed by atoms with Crippen LogP contribution < -0.4 is 10.1 Å². The van der Waals surface area contributed by atoms with Crippen LogP contribution in [0.3, 0.4) is 0 Å². The average Bonchev–Trinajstić information content (AvgIpc) is 2.71. The molecule has 94 valence electrons. The molecule has 1 N–H and O–H groups in total. The summed E-state index contributed by atoms with van der Waals surface area (Å²) in [7, 11) is 0. The van der Waals surface area contributed by atoms with E-state index in [4.69, 9.17) is 4.74 Å². The highest BCUT2D eigenvalue weighted by Crippen LogP contribution is 2.26. The van der Waals surface area contributed by atoms with E-state index in [1.165, 1.54) is 18.7 Å². The minimum atomic E-state index is -0.0320. The van der Waals surface area contributed by atoms with Gasteiger partial charge in [-0.15, -0.1) is 0 Å². The minimum absolute atomic E-state index is 0.0320. The Balaban J connectivity index is 1.73. The molecule has 2 aliphatic heterocycles. The Labute approximate surface area is 102 Å². The Morgan fingerprint density at radius 2 is 2.18 bits per heavy atom. The fourth-order valence-corrected chi connectivity index (χ4v) is 2.75. The number of hydrogen-bond donors (Lipinski definition) is 1. The highest BCUT2D eigenvalue weighted by Gasteiger charge is 2.30. The summed E-state index contributed by atoms with van der Waals surface area (Å²) in [6.07, 6.45) is 7.84. The monoisotopic (exact) mass is 235 g/mol. The Morgan fingerprint density at radius 1 is 1.35 bits per heavy atom. The fraction of sp³-hybridized carbons (Fsp3) is 0.769. The molecule has 3 heterocycles. The van der Waals surface area contributed by atoms with Crippen molar-refractivity contribution in [2.45, 2.75) is 51.2 Å². The van der Waals surface area contributed by atoms with Gasteiger partial charge in [-0.2, -0.15) is 4.98 Å². The van der Waals surface area contributed by atoms with E-state index in [1.54, 1.807) is 0 Å². The highest BCUT2D eigenvalue weighted by molar-refractivity contribution is 5.13. The number of aryl methyl sites for hydroxylation is 2. The topological polar surface area (TPSA) is 39.1 Å². The molecule has 0 bridgehead atoms. The largest absolute Gasteiger partial charge is 0.470 e. The van der Waals surface area contributed by atoms with Crippen LogP contribution in [0.5, 0.6) is 5.88 Å². The quantitative estimate of drug-likeness (QED) is 0.848. The molecule has 0 unspecified atom stereocenters. The number of ether oxygens (including phenoxy) is 1. The molecule has 3 rings (SSSR count). The van der Waals surface area contributed by atoms with Crippen molar-refractivity contribution >= 4 is 0 Å². The SMILES string of the molecule is CC1(Oc2cn3c(n2)CCCC3)CCNCC1. The van der Waals surface area contributed by atoms with Gasteiger partial charge in [0, 0.05) is 13.0 Å². The Bertz CT molecular complexity index is 370. The van der Waals surface area contributed by atoms with Crippen LogP contribution in [0.2, 0.25) is 0 Å². The van der Waals surface area contributed by atoms with Crippen molar-refractivity contribution in [3.05, 3.63) is 12.0 Å². The van der Waals surface area contributed by atoms with Crippen molar-refractivity contribution < 1.29 is 4.74 Å². The molecule has 17 heavy (non-hydrogen) atoms. The van der Waals surface area contributed by atoms with Gasteiger partial charge in [0.15, 0.2) is 0 Å². The molecule has 0 saturated carbocycles. The standard InChI is InChI=1S/C13H21N3O/c1-13(5-7-14-8-6-13)17-12-10-16-9-3-2-4-11(16)15-12/h10,14H,2-9H2,1H3. The first-order valence-corrected chi connectivity index (χ1v) is 6.71. The summed E-state index contributed by atoms with van der Waals surface area (Å²) in [4.78, 5) is 4.61. The maximum absolute atomic E-state index is 6.12. The number of nitrogens with one attached hydrogen (secondary N) is 1. The summed E-state index contributed by atoms with van der Waals surface area (Å²) in [5.41, 5.74) is -0.0320. The predicted molar refractivity (Wildman–Crippen MR) is 66.3 cm³/mol. The molecule has 0 aromatic carbocycles. The van der Waals surface area contributed by atoms with Gasteiger partial charge in [0.05, 0.1) is 6.20 Å². The zero-order valence-electron chi connectivity index (χ0n) is 10.5. The highest BCUT2D eigenvalue weighted by atomic mass is 16.5.